The van der Waals surface area contributed by atoms with Gasteiger partial charge in [0.05, 0.1) is 0 Å². The fraction of sp³-hybridized carbons (Fsp3) is 0.385. The van der Waals surface area contributed by atoms with Crippen LogP contribution in [0.1, 0.15) is 24.8 Å². The average Bonchev–Trinajstić information content (AvgIpc) is 2.30. The van der Waals surface area contributed by atoms with Gasteiger partial charge in [0.25, 0.3) is 0 Å². The van der Waals surface area contributed by atoms with Crippen molar-refractivity contribution in [2.75, 3.05) is 6.54 Å². The van der Waals surface area contributed by atoms with Crippen molar-refractivity contribution in [3.8, 4) is 0 Å². The molecule has 1 aromatic rings. The summed E-state index contributed by atoms with van der Waals surface area (Å²) in [4.78, 5) is 0. The lowest BCUT2D eigenvalue weighted by atomic mass is 9.93. The van der Waals surface area contributed by atoms with E-state index in [4.69, 9.17) is 0 Å². The number of hydrogen-bond donors (Lipinski definition) is 1. The SMILES string of the molecule is C=C(c1ccccc1)C1CCCCN1. The molecule has 0 saturated carbocycles. The summed E-state index contributed by atoms with van der Waals surface area (Å²) < 4.78 is 0. The Labute approximate surface area is 85.8 Å². The Hall–Kier alpha value is -1.08. The molecule has 1 fully saturated rings. The third-order valence-electron chi connectivity index (χ3n) is 2.88. The molecule has 1 heteroatoms. The van der Waals surface area contributed by atoms with E-state index < -0.39 is 0 Å². The van der Waals surface area contributed by atoms with Crippen molar-refractivity contribution < 1.29 is 0 Å². The van der Waals surface area contributed by atoms with Crippen LogP contribution in [0.3, 0.4) is 0 Å². The van der Waals surface area contributed by atoms with Crippen LogP contribution < -0.4 is 5.32 Å². The van der Waals surface area contributed by atoms with Gasteiger partial charge in [-0.05, 0) is 30.5 Å². The van der Waals surface area contributed by atoms with Gasteiger partial charge in [0.15, 0.2) is 0 Å². The lowest BCUT2D eigenvalue weighted by molar-refractivity contribution is 0.463. The molecule has 1 N–H and O–H groups in total. The number of hydrogen-bond acceptors (Lipinski definition) is 1. The van der Waals surface area contributed by atoms with Gasteiger partial charge in [-0.1, -0.05) is 43.3 Å². The lowest BCUT2D eigenvalue weighted by Crippen LogP contribution is -2.34. The van der Waals surface area contributed by atoms with Crippen molar-refractivity contribution in [2.45, 2.75) is 25.3 Å². The molecule has 1 nitrogen and oxygen atoms in total. The molecule has 0 aliphatic carbocycles. The molecular weight excluding hydrogens is 170 g/mol. The Bertz CT molecular complexity index is 296. The van der Waals surface area contributed by atoms with E-state index in [1.807, 2.05) is 6.07 Å². The van der Waals surface area contributed by atoms with Crippen LogP contribution in [0.25, 0.3) is 5.57 Å². The highest BCUT2D eigenvalue weighted by Gasteiger charge is 2.16. The van der Waals surface area contributed by atoms with Gasteiger partial charge in [-0.15, -0.1) is 0 Å². The molecule has 1 atom stereocenters. The molecule has 1 unspecified atom stereocenters. The zero-order valence-electron chi connectivity index (χ0n) is 8.50. The van der Waals surface area contributed by atoms with Crippen molar-refractivity contribution in [1.29, 1.82) is 0 Å². The number of piperidine rings is 1. The van der Waals surface area contributed by atoms with Gasteiger partial charge in [0.2, 0.25) is 0 Å². The van der Waals surface area contributed by atoms with Crippen molar-refractivity contribution >= 4 is 5.57 Å². The first-order valence-electron chi connectivity index (χ1n) is 5.35. The van der Waals surface area contributed by atoms with Gasteiger partial charge in [0, 0.05) is 6.04 Å². The Morgan fingerprint density at radius 1 is 1.21 bits per heavy atom. The maximum atomic E-state index is 4.19. The van der Waals surface area contributed by atoms with Crippen LogP contribution in [0.4, 0.5) is 0 Å². The third-order valence-corrected chi connectivity index (χ3v) is 2.88. The van der Waals surface area contributed by atoms with Crippen molar-refractivity contribution in [1.82, 2.24) is 5.32 Å². The summed E-state index contributed by atoms with van der Waals surface area (Å²) in [5.74, 6) is 0. The molecule has 14 heavy (non-hydrogen) atoms. The predicted octanol–water partition coefficient (Wildman–Crippen LogP) is 2.84. The zero-order chi connectivity index (χ0) is 9.80. The first-order valence-corrected chi connectivity index (χ1v) is 5.35. The Balaban J connectivity index is 2.07. The quantitative estimate of drug-likeness (QED) is 0.750. The van der Waals surface area contributed by atoms with Gasteiger partial charge >= 0.3 is 0 Å². The molecule has 1 aliphatic heterocycles. The summed E-state index contributed by atoms with van der Waals surface area (Å²) in [5.41, 5.74) is 2.51. The van der Waals surface area contributed by atoms with Crippen LogP contribution in [0.5, 0.6) is 0 Å². The third kappa shape index (κ3) is 2.05. The highest BCUT2D eigenvalue weighted by atomic mass is 14.9. The number of rotatable bonds is 2. The molecule has 0 radical (unpaired) electrons. The Morgan fingerprint density at radius 3 is 2.64 bits per heavy atom. The summed E-state index contributed by atoms with van der Waals surface area (Å²) in [5, 5.41) is 3.52. The average molecular weight is 187 g/mol. The minimum atomic E-state index is 0.492. The molecular formula is C13H17N. The lowest BCUT2D eigenvalue weighted by Gasteiger charge is -2.25. The van der Waals surface area contributed by atoms with E-state index >= 15 is 0 Å². The van der Waals surface area contributed by atoms with Gasteiger partial charge in [0.1, 0.15) is 0 Å². The van der Waals surface area contributed by atoms with E-state index in [2.05, 4.69) is 36.2 Å². The second-order valence-corrected chi connectivity index (χ2v) is 3.89. The fourth-order valence-electron chi connectivity index (χ4n) is 2.00. The number of benzene rings is 1. The normalized spacial score (nSPS) is 21.9. The van der Waals surface area contributed by atoms with Crippen molar-refractivity contribution in [3.05, 3.63) is 42.5 Å². The number of nitrogens with one attached hydrogen (secondary N) is 1. The van der Waals surface area contributed by atoms with Crippen LogP contribution >= 0.6 is 0 Å². The van der Waals surface area contributed by atoms with Gasteiger partial charge in [-0.2, -0.15) is 0 Å². The topological polar surface area (TPSA) is 12.0 Å². The fourth-order valence-corrected chi connectivity index (χ4v) is 2.00. The maximum absolute atomic E-state index is 4.19. The summed E-state index contributed by atoms with van der Waals surface area (Å²) in [6, 6.07) is 11.0. The second kappa shape index (κ2) is 4.43. The van der Waals surface area contributed by atoms with E-state index in [1.54, 1.807) is 0 Å². The van der Waals surface area contributed by atoms with Gasteiger partial charge < -0.3 is 5.32 Å². The summed E-state index contributed by atoms with van der Waals surface area (Å²) in [6.45, 7) is 5.32. The maximum Gasteiger partial charge on any atom is 0.0320 e. The van der Waals surface area contributed by atoms with E-state index in [0.29, 0.717) is 6.04 Å². The van der Waals surface area contributed by atoms with E-state index in [1.165, 1.54) is 30.4 Å². The largest absolute Gasteiger partial charge is 0.310 e. The smallest absolute Gasteiger partial charge is 0.0320 e. The Morgan fingerprint density at radius 2 is 2.00 bits per heavy atom. The molecule has 74 valence electrons. The highest BCUT2D eigenvalue weighted by Crippen LogP contribution is 2.21. The standard InChI is InChI=1S/C13H17N/c1-11(12-7-3-2-4-8-12)13-9-5-6-10-14-13/h2-4,7-8,13-14H,1,5-6,9-10H2. The van der Waals surface area contributed by atoms with Gasteiger partial charge in [-0.3, -0.25) is 0 Å². The predicted molar refractivity (Wildman–Crippen MR) is 61.1 cm³/mol. The van der Waals surface area contributed by atoms with E-state index in [9.17, 15) is 0 Å². The first-order chi connectivity index (χ1) is 6.88. The summed E-state index contributed by atoms with van der Waals surface area (Å²) >= 11 is 0. The van der Waals surface area contributed by atoms with Gasteiger partial charge in [-0.25, -0.2) is 0 Å². The van der Waals surface area contributed by atoms with Crippen LogP contribution in [-0.2, 0) is 0 Å². The molecule has 0 amide bonds. The molecule has 1 heterocycles. The molecule has 1 aromatic carbocycles. The molecule has 2 rings (SSSR count). The molecule has 0 aromatic heterocycles. The zero-order valence-corrected chi connectivity index (χ0v) is 8.50. The summed E-state index contributed by atoms with van der Waals surface area (Å²) in [6.07, 6.45) is 3.86. The van der Waals surface area contributed by atoms with Crippen LogP contribution in [0, 0.1) is 0 Å². The van der Waals surface area contributed by atoms with Crippen LogP contribution in [0.15, 0.2) is 36.9 Å². The molecule has 0 bridgehead atoms. The van der Waals surface area contributed by atoms with Crippen LogP contribution in [0.2, 0.25) is 0 Å². The van der Waals surface area contributed by atoms with E-state index in [0.717, 1.165) is 6.54 Å². The van der Waals surface area contributed by atoms with Crippen LogP contribution in [-0.4, -0.2) is 12.6 Å². The Kier molecular flexibility index (Phi) is 3.00. The molecule has 0 spiro atoms. The van der Waals surface area contributed by atoms with Crippen molar-refractivity contribution in [2.24, 2.45) is 0 Å². The summed E-state index contributed by atoms with van der Waals surface area (Å²) in [7, 11) is 0. The van der Waals surface area contributed by atoms with Crippen molar-refractivity contribution in [3.63, 3.8) is 0 Å². The minimum Gasteiger partial charge on any atom is -0.310 e. The van der Waals surface area contributed by atoms with E-state index in [-0.39, 0.29) is 0 Å². The second-order valence-electron chi connectivity index (χ2n) is 3.89. The monoisotopic (exact) mass is 187 g/mol. The first kappa shape index (κ1) is 9.47. The molecule has 1 aliphatic rings. The minimum absolute atomic E-state index is 0.492. The highest BCUT2D eigenvalue weighted by molar-refractivity contribution is 5.67. The molecule has 1 saturated heterocycles.